The molecule has 2 aromatic rings. The highest BCUT2D eigenvalue weighted by atomic mass is 19.1. The zero-order valence-electron chi connectivity index (χ0n) is 14.6. The maximum atomic E-state index is 13.1. The van der Waals surface area contributed by atoms with Gasteiger partial charge in [0.05, 0.1) is 7.05 Å². The minimum absolute atomic E-state index is 0.0961. The molecule has 132 valence electrons. The highest BCUT2D eigenvalue weighted by molar-refractivity contribution is 5.94. The second kappa shape index (κ2) is 8.39. The topological polar surface area (TPSA) is 62.6 Å². The van der Waals surface area contributed by atoms with Crippen LogP contribution in [0.3, 0.4) is 0 Å². The van der Waals surface area contributed by atoms with Crippen molar-refractivity contribution in [3.63, 3.8) is 0 Å². The predicted molar refractivity (Wildman–Crippen MR) is 96.1 cm³/mol. The van der Waals surface area contributed by atoms with E-state index in [4.69, 9.17) is 0 Å². The van der Waals surface area contributed by atoms with Gasteiger partial charge in [-0.15, -0.1) is 0 Å². The lowest BCUT2D eigenvalue weighted by atomic mass is 10.2. The van der Waals surface area contributed by atoms with Gasteiger partial charge < -0.3 is 15.5 Å². The summed E-state index contributed by atoms with van der Waals surface area (Å²) in [6, 6.07) is 12.8. The van der Waals surface area contributed by atoms with Crippen LogP contribution in [0.2, 0.25) is 0 Å². The number of quaternary nitrogens is 1. The molecule has 2 rings (SSSR count). The molecule has 6 heteroatoms. The van der Waals surface area contributed by atoms with Crippen LogP contribution >= 0.6 is 0 Å². The van der Waals surface area contributed by atoms with Gasteiger partial charge in [0.15, 0.2) is 12.6 Å². The first-order valence-corrected chi connectivity index (χ1v) is 8.10. The Morgan fingerprint density at radius 2 is 1.72 bits per heavy atom. The van der Waals surface area contributed by atoms with Gasteiger partial charge in [0.2, 0.25) is 0 Å². The highest BCUT2D eigenvalue weighted by Crippen LogP contribution is 2.10. The Morgan fingerprint density at radius 1 is 1.08 bits per heavy atom. The van der Waals surface area contributed by atoms with Gasteiger partial charge in [0.1, 0.15) is 5.82 Å². The van der Waals surface area contributed by atoms with Crippen molar-refractivity contribution in [1.82, 2.24) is 0 Å². The molecule has 2 aromatic carbocycles. The fourth-order valence-electron chi connectivity index (χ4n) is 2.37. The van der Waals surface area contributed by atoms with Crippen molar-refractivity contribution in [2.24, 2.45) is 0 Å². The monoisotopic (exact) mass is 344 g/mol. The molecule has 25 heavy (non-hydrogen) atoms. The van der Waals surface area contributed by atoms with Gasteiger partial charge in [0, 0.05) is 11.4 Å². The minimum atomic E-state index is -0.418. The quantitative estimate of drug-likeness (QED) is 0.746. The summed E-state index contributed by atoms with van der Waals surface area (Å²) >= 11 is 0. The van der Waals surface area contributed by atoms with E-state index in [1.54, 1.807) is 20.0 Å². The number of nitrogens with one attached hydrogen (secondary N) is 3. The van der Waals surface area contributed by atoms with E-state index in [1.807, 2.05) is 31.2 Å². The molecule has 0 bridgehead atoms. The Labute approximate surface area is 146 Å². The number of likely N-dealkylation sites (N-methyl/N-ethyl adjacent to an activating group) is 1. The molecule has 0 aliphatic heterocycles. The molecule has 2 amide bonds. The molecule has 0 aromatic heterocycles. The molecule has 0 aliphatic rings. The molecule has 2 atom stereocenters. The molecule has 0 saturated carbocycles. The molecule has 0 radical (unpaired) electrons. The Hall–Kier alpha value is -2.73. The predicted octanol–water partition coefficient (Wildman–Crippen LogP) is 1.61. The fraction of sp³-hybridized carbons (Fsp3) is 0.263. The number of anilines is 2. The SMILES string of the molecule is Cc1cccc(NC(=O)[C@@H](C)[NH+](C)CC(=O)Nc2cccc(F)c2)c1. The Balaban J connectivity index is 1.89. The number of halogens is 1. The van der Waals surface area contributed by atoms with Gasteiger partial charge in [-0.3, -0.25) is 9.59 Å². The molecule has 0 heterocycles. The van der Waals surface area contributed by atoms with Gasteiger partial charge in [-0.05, 0) is 49.7 Å². The van der Waals surface area contributed by atoms with E-state index in [0.717, 1.165) is 16.2 Å². The average molecular weight is 344 g/mol. The third-order valence-electron chi connectivity index (χ3n) is 3.97. The van der Waals surface area contributed by atoms with E-state index in [0.29, 0.717) is 5.69 Å². The molecule has 5 nitrogen and oxygen atoms in total. The lowest BCUT2D eigenvalue weighted by Crippen LogP contribution is -3.14. The second-order valence-electron chi connectivity index (χ2n) is 6.16. The third kappa shape index (κ3) is 5.69. The molecule has 0 saturated heterocycles. The summed E-state index contributed by atoms with van der Waals surface area (Å²) in [5.74, 6) is -0.857. The van der Waals surface area contributed by atoms with Crippen LogP contribution < -0.4 is 15.5 Å². The van der Waals surface area contributed by atoms with Crippen LogP contribution in [0.4, 0.5) is 15.8 Å². The van der Waals surface area contributed by atoms with Gasteiger partial charge >= 0.3 is 0 Å². The third-order valence-corrected chi connectivity index (χ3v) is 3.97. The lowest BCUT2D eigenvalue weighted by Gasteiger charge is -2.20. The van der Waals surface area contributed by atoms with Crippen molar-refractivity contribution in [3.05, 3.63) is 59.9 Å². The summed E-state index contributed by atoms with van der Waals surface area (Å²) in [5, 5.41) is 5.49. The van der Waals surface area contributed by atoms with Crippen LogP contribution in [0.25, 0.3) is 0 Å². The van der Waals surface area contributed by atoms with Crippen molar-refractivity contribution in [2.45, 2.75) is 19.9 Å². The van der Waals surface area contributed by atoms with Crippen molar-refractivity contribution in [1.29, 1.82) is 0 Å². The van der Waals surface area contributed by atoms with E-state index in [-0.39, 0.29) is 18.4 Å². The fourth-order valence-corrected chi connectivity index (χ4v) is 2.37. The van der Waals surface area contributed by atoms with Crippen molar-refractivity contribution in [2.75, 3.05) is 24.2 Å². The summed E-state index contributed by atoms with van der Waals surface area (Å²) in [6.45, 7) is 3.81. The Morgan fingerprint density at radius 3 is 2.36 bits per heavy atom. The average Bonchev–Trinajstić information content (AvgIpc) is 2.53. The number of hydrogen-bond donors (Lipinski definition) is 3. The summed E-state index contributed by atoms with van der Waals surface area (Å²) < 4.78 is 13.1. The van der Waals surface area contributed by atoms with Crippen molar-refractivity contribution >= 4 is 23.2 Å². The van der Waals surface area contributed by atoms with Crippen LogP contribution in [0.1, 0.15) is 12.5 Å². The zero-order chi connectivity index (χ0) is 18.4. The van der Waals surface area contributed by atoms with Crippen LogP contribution in [0.5, 0.6) is 0 Å². The molecule has 1 unspecified atom stereocenters. The standard InChI is InChI=1S/C19H22FN3O2/c1-13-6-4-8-16(10-13)22-19(25)14(2)23(3)12-18(24)21-17-9-5-7-15(20)11-17/h4-11,14H,12H2,1-3H3,(H,21,24)(H,22,25)/p+1/t14-/m1/s1. The van der Waals surface area contributed by atoms with Gasteiger partial charge in [-0.1, -0.05) is 18.2 Å². The summed E-state index contributed by atoms with van der Waals surface area (Å²) in [5.41, 5.74) is 2.18. The number of benzene rings is 2. The first-order chi connectivity index (χ1) is 11.8. The molecule has 3 N–H and O–H groups in total. The number of carbonyl (C=O) groups is 2. The number of hydrogen-bond acceptors (Lipinski definition) is 2. The molecule has 0 aliphatic carbocycles. The summed E-state index contributed by atoms with van der Waals surface area (Å²) in [6.07, 6.45) is 0. The van der Waals surface area contributed by atoms with E-state index >= 15 is 0 Å². The van der Waals surface area contributed by atoms with Crippen LogP contribution in [0, 0.1) is 12.7 Å². The number of amides is 2. The van der Waals surface area contributed by atoms with Crippen LogP contribution in [-0.2, 0) is 9.59 Å². The van der Waals surface area contributed by atoms with Crippen molar-refractivity contribution < 1.29 is 18.9 Å². The first kappa shape index (κ1) is 18.6. The van der Waals surface area contributed by atoms with Crippen LogP contribution in [0.15, 0.2) is 48.5 Å². The maximum Gasteiger partial charge on any atom is 0.282 e. The Kier molecular flexibility index (Phi) is 6.25. The zero-order valence-corrected chi connectivity index (χ0v) is 14.6. The minimum Gasteiger partial charge on any atom is -0.321 e. The van der Waals surface area contributed by atoms with Crippen molar-refractivity contribution in [3.8, 4) is 0 Å². The van der Waals surface area contributed by atoms with E-state index in [2.05, 4.69) is 10.6 Å². The van der Waals surface area contributed by atoms with Gasteiger partial charge in [0.25, 0.3) is 11.8 Å². The molecule has 0 fully saturated rings. The van der Waals surface area contributed by atoms with E-state index in [9.17, 15) is 14.0 Å². The molecular formula is C19H23FN3O2+. The Bertz CT molecular complexity index is 764. The normalized spacial score (nSPS) is 13.0. The van der Waals surface area contributed by atoms with E-state index < -0.39 is 11.9 Å². The highest BCUT2D eigenvalue weighted by Gasteiger charge is 2.24. The molecular weight excluding hydrogens is 321 g/mol. The number of carbonyl (C=O) groups excluding carboxylic acids is 2. The number of rotatable bonds is 6. The van der Waals surface area contributed by atoms with Crippen LogP contribution in [-0.4, -0.2) is 31.4 Å². The largest absolute Gasteiger partial charge is 0.321 e. The smallest absolute Gasteiger partial charge is 0.282 e. The maximum absolute atomic E-state index is 13.1. The van der Waals surface area contributed by atoms with Gasteiger partial charge in [-0.25, -0.2) is 4.39 Å². The van der Waals surface area contributed by atoms with Gasteiger partial charge in [-0.2, -0.15) is 0 Å². The number of aryl methyl sites for hydroxylation is 1. The lowest BCUT2D eigenvalue weighted by molar-refractivity contribution is -0.885. The summed E-state index contributed by atoms with van der Waals surface area (Å²) in [4.78, 5) is 25.1. The first-order valence-electron chi connectivity index (χ1n) is 8.10. The summed E-state index contributed by atoms with van der Waals surface area (Å²) in [7, 11) is 1.77. The second-order valence-corrected chi connectivity index (χ2v) is 6.16. The van der Waals surface area contributed by atoms with E-state index in [1.165, 1.54) is 18.2 Å². The molecule has 0 spiro atoms.